The van der Waals surface area contributed by atoms with Crippen molar-refractivity contribution in [3.8, 4) is 6.07 Å². The summed E-state index contributed by atoms with van der Waals surface area (Å²) in [5.41, 5.74) is 5.55. The fourth-order valence-corrected chi connectivity index (χ4v) is 0.824. The number of hydrogen-bond donors (Lipinski definition) is 2. The van der Waals surface area contributed by atoms with Crippen molar-refractivity contribution in [1.29, 1.82) is 5.26 Å². The van der Waals surface area contributed by atoms with Gasteiger partial charge in [-0.05, 0) is 30.8 Å². The number of nitrogens with zero attached hydrogens (tertiary/aromatic N) is 1. The third-order valence-electron chi connectivity index (χ3n) is 1.31. The van der Waals surface area contributed by atoms with Gasteiger partial charge in [-0.1, -0.05) is 0 Å². The highest BCUT2D eigenvalue weighted by molar-refractivity contribution is 5.31. The van der Waals surface area contributed by atoms with Gasteiger partial charge >= 0.3 is 0 Å². The summed E-state index contributed by atoms with van der Waals surface area (Å²) in [5, 5.41) is 11.3. The average molecular weight is 135 g/mol. The van der Waals surface area contributed by atoms with Gasteiger partial charge in [-0.15, -0.1) is 0 Å². The minimum absolute atomic E-state index is 1.00. The topological polar surface area (TPSA) is 61.8 Å². The maximum absolute atomic E-state index is 8.55. The Morgan fingerprint density at radius 2 is 2.50 bits per heavy atom. The average Bonchev–Trinajstić information content (AvgIpc) is 1.88. The Balaban J connectivity index is 2.89. The zero-order valence-corrected chi connectivity index (χ0v) is 5.76. The third-order valence-corrected chi connectivity index (χ3v) is 1.31. The summed E-state index contributed by atoms with van der Waals surface area (Å²) in [7, 11) is 0. The van der Waals surface area contributed by atoms with E-state index in [1.54, 1.807) is 12.3 Å². The van der Waals surface area contributed by atoms with Gasteiger partial charge in [-0.2, -0.15) is 5.26 Å². The lowest BCUT2D eigenvalue weighted by atomic mass is 10.1. The van der Waals surface area contributed by atoms with Crippen LogP contribution < -0.4 is 11.1 Å². The standard InChI is InChI=1S/C7H9N3/c1-6-2-3-10-7(9,4-6)5-8/h2-4,10H,9H2,1H3. The first-order chi connectivity index (χ1) is 4.66. The zero-order chi connectivity index (χ0) is 7.61. The van der Waals surface area contributed by atoms with Crippen molar-refractivity contribution in [2.45, 2.75) is 12.6 Å². The maximum atomic E-state index is 8.55. The molecule has 0 amide bonds. The summed E-state index contributed by atoms with van der Waals surface area (Å²) in [6.07, 6.45) is 5.23. The fourth-order valence-electron chi connectivity index (χ4n) is 0.824. The van der Waals surface area contributed by atoms with Gasteiger partial charge in [0.25, 0.3) is 0 Å². The first-order valence-electron chi connectivity index (χ1n) is 3.00. The molecular formula is C7H9N3. The van der Waals surface area contributed by atoms with Crippen molar-refractivity contribution in [2.75, 3.05) is 0 Å². The van der Waals surface area contributed by atoms with Gasteiger partial charge in [0, 0.05) is 0 Å². The number of nitriles is 1. The molecule has 0 bridgehead atoms. The second-order valence-electron chi connectivity index (χ2n) is 2.35. The lowest BCUT2D eigenvalue weighted by Crippen LogP contribution is -2.49. The van der Waals surface area contributed by atoms with E-state index in [0.29, 0.717) is 0 Å². The Morgan fingerprint density at radius 3 is 2.90 bits per heavy atom. The quantitative estimate of drug-likeness (QED) is 0.499. The van der Waals surface area contributed by atoms with Crippen LogP contribution in [0.4, 0.5) is 0 Å². The predicted molar refractivity (Wildman–Crippen MR) is 38.6 cm³/mol. The molecule has 1 rings (SSSR count). The molecule has 0 spiro atoms. The number of allylic oxidation sites excluding steroid dienone is 2. The zero-order valence-electron chi connectivity index (χ0n) is 5.76. The molecule has 0 aromatic carbocycles. The molecule has 10 heavy (non-hydrogen) atoms. The van der Waals surface area contributed by atoms with Crippen molar-refractivity contribution < 1.29 is 0 Å². The molecule has 1 unspecified atom stereocenters. The maximum Gasteiger partial charge on any atom is 0.195 e. The van der Waals surface area contributed by atoms with Gasteiger partial charge in [0.1, 0.15) is 6.07 Å². The van der Waals surface area contributed by atoms with Gasteiger partial charge in [0.15, 0.2) is 5.66 Å². The molecule has 0 aliphatic carbocycles. The van der Waals surface area contributed by atoms with Crippen molar-refractivity contribution in [3.05, 3.63) is 23.9 Å². The van der Waals surface area contributed by atoms with Crippen molar-refractivity contribution >= 4 is 0 Å². The van der Waals surface area contributed by atoms with Crippen LogP contribution in [0.1, 0.15) is 6.92 Å². The molecule has 0 fully saturated rings. The van der Waals surface area contributed by atoms with Crippen LogP contribution in [0.2, 0.25) is 0 Å². The molecule has 0 saturated heterocycles. The van der Waals surface area contributed by atoms with Gasteiger partial charge in [-0.3, -0.25) is 5.73 Å². The normalized spacial score (nSPS) is 30.3. The minimum atomic E-state index is -1.00. The highest BCUT2D eigenvalue weighted by atomic mass is 15.1. The molecular weight excluding hydrogens is 126 g/mol. The summed E-state index contributed by atoms with van der Waals surface area (Å²) < 4.78 is 0. The van der Waals surface area contributed by atoms with E-state index in [4.69, 9.17) is 11.0 Å². The summed E-state index contributed by atoms with van der Waals surface area (Å²) in [4.78, 5) is 0. The highest BCUT2D eigenvalue weighted by Crippen LogP contribution is 2.07. The second-order valence-corrected chi connectivity index (χ2v) is 2.35. The van der Waals surface area contributed by atoms with Crippen LogP contribution in [-0.2, 0) is 0 Å². The second kappa shape index (κ2) is 2.16. The fraction of sp³-hybridized carbons (Fsp3) is 0.286. The molecule has 1 atom stereocenters. The highest BCUT2D eigenvalue weighted by Gasteiger charge is 2.20. The van der Waals surface area contributed by atoms with Crippen molar-refractivity contribution in [1.82, 2.24) is 5.32 Å². The van der Waals surface area contributed by atoms with E-state index in [1.807, 2.05) is 19.1 Å². The Morgan fingerprint density at radius 1 is 1.80 bits per heavy atom. The number of hydrogen-bond acceptors (Lipinski definition) is 3. The van der Waals surface area contributed by atoms with Crippen LogP contribution in [0.5, 0.6) is 0 Å². The summed E-state index contributed by atoms with van der Waals surface area (Å²) in [6, 6.07) is 1.95. The largest absolute Gasteiger partial charge is 0.359 e. The van der Waals surface area contributed by atoms with E-state index in [0.717, 1.165) is 5.57 Å². The summed E-state index contributed by atoms with van der Waals surface area (Å²) in [6.45, 7) is 1.90. The molecule has 0 radical (unpaired) electrons. The molecule has 0 aromatic rings. The van der Waals surface area contributed by atoms with Crippen molar-refractivity contribution in [2.24, 2.45) is 5.73 Å². The third kappa shape index (κ3) is 1.17. The molecule has 52 valence electrons. The number of nitrogens with one attached hydrogen (secondary N) is 1. The van der Waals surface area contributed by atoms with Crippen LogP contribution in [-0.4, -0.2) is 5.66 Å². The Hall–Kier alpha value is -1.27. The van der Waals surface area contributed by atoms with Crippen LogP contribution in [0.3, 0.4) is 0 Å². The number of rotatable bonds is 0. The first kappa shape index (κ1) is 6.84. The monoisotopic (exact) mass is 135 g/mol. The number of dihydropyridines is 1. The van der Waals surface area contributed by atoms with Gasteiger partial charge in [-0.25, -0.2) is 0 Å². The molecule has 1 aliphatic heterocycles. The van der Waals surface area contributed by atoms with E-state index < -0.39 is 5.66 Å². The van der Waals surface area contributed by atoms with Crippen molar-refractivity contribution in [3.63, 3.8) is 0 Å². The van der Waals surface area contributed by atoms with Crippen LogP contribution in [0.25, 0.3) is 0 Å². The Labute approximate surface area is 59.8 Å². The lowest BCUT2D eigenvalue weighted by Gasteiger charge is -2.21. The first-order valence-corrected chi connectivity index (χ1v) is 3.00. The van der Waals surface area contributed by atoms with E-state index in [9.17, 15) is 0 Å². The molecule has 3 heteroatoms. The molecule has 0 saturated carbocycles. The predicted octanol–water partition coefficient (Wildman–Crippen LogP) is 0.228. The Bertz CT molecular complexity index is 234. The van der Waals surface area contributed by atoms with E-state index in [1.165, 1.54) is 0 Å². The molecule has 1 aliphatic rings. The molecule has 3 N–H and O–H groups in total. The smallest absolute Gasteiger partial charge is 0.195 e. The van der Waals surface area contributed by atoms with Gasteiger partial charge < -0.3 is 5.32 Å². The molecule has 3 nitrogen and oxygen atoms in total. The SMILES string of the molecule is CC1=CC(N)(C#N)NC=C1. The molecule has 0 aromatic heterocycles. The Kier molecular flexibility index (Phi) is 1.48. The minimum Gasteiger partial charge on any atom is -0.359 e. The van der Waals surface area contributed by atoms with E-state index in [2.05, 4.69) is 5.32 Å². The van der Waals surface area contributed by atoms with E-state index >= 15 is 0 Å². The van der Waals surface area contributed by atoms with Crippen LogP contribution in [0.15, 0.2) is 23.9 Å². The van der Waals surface area contributed by atoms with Gasteiger partial charge in [0.2, 0.25) is 0 Å². The van der Waals surface area contributed by atoms with E-state index in [-0.39, 0.29) is 0 Å². The van der Waals surface area contributed by atoms with Gasteiger partial charge in [0.05, 0.1) is 0 Å². The summed E-state index contributed by atoms with van der Waals surface area (Å²) in [5.74, 6) is 0. The van der Waals surface area contributed by atoms with Crippen LogP contribution in [0, 0.1) is 11.3 Å². The lowest BCUT2D eigenvalue weighted by molar-refractivity contribution is 0.589. The molecule has 1 heterocycles. The number of nitrogens with two attached hydrogens (primary N) is 1. The van der Waals surface area contributed by atoms with Crippen LogP contribution >= 0.6 is 0 Å². The summed E-state index contributed by atoms with van der Waals surface area (Å²) >= 11 is 0.